The first kappa shape index (κ1) is 16.1. The van der Waals surface area contributed by atoms with Crippen molar-refractivity contribution < 1.29 is 9.90 Å². The second kappa shape index (κ2) is 7.64. The quantitative estimate of drug-likeness (QED) is 0.551. The average Bonchev–Trinajstić information content (AvgIpc) is 2.47. The van der Waals surface area contributed by atoms with Crippen LogP contribution in [0.5, 0.6) is 5.75 Å². The topological polar surface area (TPSA) is 40.5 Å². The number of hydrogen-bond acceptors (Lipinski definition) is 2. The highest BCUT2D eigenvalue weighted by molar-refractivity contribution is 14.1. The SMILES string of the molecule is O=C(c1cc(I)ccc1O)N(CCBr)C1CCCCC1. The molecule has 0 aliphatic heterocycles. The molecule has 1 aromatic carbocycles. The Labute approximate surface area is 142 Å². The van der Waals surface area contributed by atoms with Crippen molar-refractivity contribution in [1.82, 2.24) is 4.90 Å². The van der Waals surface area contributed by atoms with Crippen LogP contribution in [0.15, 0.2) is 18.2 Å². The standard InChI is InChI=1S/C15H19BrINO2/c16-8-9-18(12-4-2-1-3-5-12)15(20)13-10-11(17)6-7-14(13)19/h6-7,10,12,19H,1-5,8-9H2. The lowest BCUT2D eigenvalue weighted by Crippen LogP contribution is -2.42. The Morgan fingerprint density at radius 1 is 1.35 bits per heavy atom. The number of benzene rings is 1. The van der Waals surface area contributed by atoms with Gasteiger partial charge in [0, 0.05) is 21.5 Å². The van der Waals surface area contributed by atoms with Gasteiger partial charge in [0.2, 0.25) is 0 Å². The minimum atomic E-state index is -0.0487. The van der Waals surface area contributed by atoms with Gasteiger partial charge in [-0.1, -0.05) is 35.2 Å². The molecule has 0 heterocycles. The van der Waals surface area contributed by atoms with Crippen molar-refractivity contribution in [2.24, 2.45) is 0 Å². The number of alkyl halides is 1. The minimum absolute atomic E-state index is 0.0487. The zero-order valence-electron chi connectivity index (χ0n) is 11.3. The van der Waals surface area contributed by atoms with Gasteiger partial charge in [-0.25, -0.2) is 0 Å². The fourth-order valence-corrected chi connectivity index (χ4v) is 3.64. The van der Waals surface area contributed by atoms with Gasteiger partial charge >= 0.3 is 0 Å². The highest BCUT2D eigenvalue weighted by atomic mass is 127. The number of nitrogens with zero attached hydrogens (tertiary/aromatic N) is 1. The first-order valence-corrected chi connectivity index (χ1v) is 9.19. The van der Waals surface area contributed by atoms with Crippen molar-refractivity contribution in [2.75, 3.05) is 11.9 Å². The van der Waals surface area contributed by atoms with Crippen molar-refractivity contribution in [3.05, 3.63) is 27.3 Å². The molecule has 1 fully saturated rings. The molecule has 5 heteroatoms. The number of phenols is 1. The van der Waals surface area contributed by atoms with E-state index < -0.39 is 0 Å². The molecule has 1 saturated carbocycles. The Kier molecular flexibility index (Phi) is 6.14. The van der Waals surface area contributed by atoms with Crippen LogP contribution in [-0.4, -0.2) is 33.8 Å². The van der Waals surface area contributed by atoms with Crippen LogP contribution in [0.25, 0.3) is 0 Å². The van der Waals surface area contributed by atoms with E-state index in [4.69, 9.17) is 0 Å². The van der Waals surface area contributed by atoms with Crippen LogP contribution in [0.1, 0.15) is 42.5 Å². The van der Waals surface area contributed by atoms with Gasteiger partial charge in [0.05, 0.1) is 5.56 Å². The zero-order valence-corrected chi connectivity index (χ0v) is 15.1. The van der Waals surface area contributed by atoms with Crippen molar-refractivity contribution in [3.63, 3.8) is 0 Å². The number of phenolic OH excluding ortho intramolecular Hbond substituents is 1. The lowest BCUT2D eigenvalue weighted by Gasteiger charge is -2.34. The molecule has 0 aromatic heterocycles. The fraction of sp³-hybridized carbons (Fsp3) is 0.533. The maximum absolute atomic E-state index is 12.7. The molecule has 2 rings (SSSR count). The van der Waals surface area contributed by atoms with Gasteiger partial charge in [0.25, 0.3) is 5.91 Å². The number of hydrogen-bond donors (Lipinski definition) is 1. The van der Waals surface area contributed by atoms with Crippen LogP contribution >= 0.6 is 38.5 Å². The number of carbonyl (C=O) groups is 1. The van der Waals surface area contributed by atoms with E-state index in [0.717, 1.165) is 21.7 Å². The maximum atomic E-state index is 12.7. The molecule has 20 heavy (non-hydrogen) atoms. The molecule has 0 unspecified atom stereocenters. The lowest BCUT2D eigenvalue weighted by molar-refractivity contribution is 0.0648. The van der Waals surface area contributed by atoms with Crippen molar-refractivity contribution >= 4 is 44.4 Å². The van der Waals surface area contributed by atoms with Crippen LogP contribution in [-0.2, 0) is 0 Å². The molecular formula is C15H19BrINO2. The zero-order chi connectivity index (χ0) is 14.5. The lowest BCUT2D eigenvalue weighted by atomic mass is 9.93. The third-order valence-electron chi connectivity index (χ3n) is 3.79. The van der Waals surface area contributed by atoms with Crippen molar-refractivity contribution in [3.8, 4) is 5.75 Å². The van der Waals surface area contributed by atoms with Gasteiger partial charge in [-0.3, -0.25) is 4.79 Å². The monoisotopic (exact) mass is 451 g/mol. The number of aromatic hydroxyl groups is 1. The molecule has 110 valence electrons. The molecule has 1 N–H and O–H groups in total. The summed E-state index contributed by atoms with van der Waals surface area (Å²) >= 11 is 5.60. The minimum Gasteiger partial charge on any atom is -0.507 e. The molecule has 3 nitrogen and oxygen atoms in total. The first-order valence-electron chi connectivity index (χ1n) is 6.99. The fourth-order valence-electron chi connectivity index (χ4n) is 2.77. The number of carbonyl (C=O) groups excluding carboxylic acids is 1. The average molecular weight is 452 g/mol. The summed E-state index contributed by atoms with van der Waals surface area (Å²) in [7, 11) is 0. The predicted octanol–water partition coefficient (Wildman–Crippen LogP) is 4.17. The Balaban J connectivity index is 2.23. The molecule has 1 aliphatic carbocycles. The van der Waals surface area contributed by atoms with E-state index in [1.807, 2.05) is 11.0 Å². The molecule has 0 bridgehead atoms. The van der Waals surface area contributed by atoms with Gasteiger partial charge < -0.3 is 10.0 Å². The largest absolute Gasteiger partial charge is 0.507 e. The van der Waals surface area contributed by atoms with E-state index in [9.17, 15) is 9.90 Å². The summed E-state index contributed by atoms with van der Waals surface area (Å²) in [5, 5.41) is 10.7. The first-order chi connectivity index (χ1) is 9.63. The normalized spacial score (nSPS) is 16.1. The van der Waals surface area contributed by atoms with E-state index in [0.29, 0.717) is 18.2 Å². The van der Waals surface area contributed by atoms with Gasteiger partial charge in [-0.2, -0.15) is 0 Å². The van der Waals surface area contributed by atoms with Gasteiger partial charge in [0.15, 0.2) is 0 Å². The maximum Gasteiger partial charge on any atom is 0.257 e. The third-order valence-corrected chi connectivity index (χ3v) is 4.82. The van der Waals surface area contributed by atoms with E-state index >= 15 is 0 Å². The summed E-state index contributed by atoms with van der Waals surface area (Å²) in [5.74, 6) is 0.0261. The number of rotatable bonds is 4. The van der Waals surface area contributed by atoms with Gasteiger partial charge in [-0.15, -0.1) is 0 Å². The molecule has 1 aliphatic rings. The van der Waals surface area contributed by atoms with Crippen molar-refractivity contribution in [1.29, 1.82) is 0 Å². The van der Waals surface area contributed by atoms with E-state index in [1.165, 1.54) is 19.3 Å². The van der Waals surface area contributed by atoms with E-state index in [2.05, 4.69) is 38.5 Å². The molecule has 1 amide bonds. The molecule has 0 atom stereocenters. The van der Waals surface area contributed by atoms with Crippen LogP contribution < -0.4 is 0 Å². The van der Waals surface area contributed by atoms with Crippen LogP contribution in [0.2, 0.25) is 0 Å². The smallest absolute Gasteiger partial charge is 0.257 e. The van der Waals surface area contributed by atoms with Crippen LogP contribution in [0, 0.1) is 3.57 Å². The molecule has 0 spiro atoms. The van der Waals surface area contributed by atoms with Crippen molar-refractivity contribution in [2.45, 2.75) is 38.1 Å². The Bertz CT molecular complexity index is 475. The predicted molar refractivity (Wildman–Crippen MR) is 92.5 cm³/mol. The highest BCUT2D eigenvalue weighted by Gasteiger charge is 2.27. The molecular weight excluding hydrogens is 433 g/mol. The Hall–Kier alpha value is -0.300. The second-order valence-corrected chi connectivity index (χ2v) is 7.18. The summed E-state index contributed by atoms with van der Waals surface area (Å²) in [5.41, 5.74) is 0.420. The molecule has 0 saturated heterocycles. The summed E-state index contributed by atoms with van der Waals surface area (Å²) in [4.78, 5) is 14.7. The van der Waals surface area contributed by atoms with Gasteiger partial charge in [-0.05, 0) is 53.6 Å². The number of amides is 1. The number of halogens is 2. The van der Waals surface area contributed by atoms with E-state index in [1.54, 1.807) is 12.1 Å². The van der Waals surface area contributed by atoms with Crippen LogP contribution in [0.4, 0.5) is 0 Å². The Morgan fingerprint density at radius 2 is 2.05 bits per heavy atom. The second-order valence-electron chi connectivity index (χ2n) is 5.14. The summed E-state index contributed by atoms with van der Waals surface area (Å²) in [6.45, 7) is 0.689. The van der Waals surface area contributed by atoms with Gasteiger partial charge in [0.1, 0.15) is 5.75 Å². The molecule has 1 aromatic rings. The Morgan fingerprint density at radius 3 is 2.70 bits per heavy atom. The van der Waals surface area contributed by atoms with E-state index in [-0.39, 0.29) is 11.7 Å². The molecule has 0 radical (unpaired) electrons. The van der Waals surface area contributed by atoms with Crippen LogP contribution in [0.3, 0.4) is 0 Å². The summed E-state index contributed by atoms with van der Waals surface area (Å²) in [6, 6.07) is 5.48. The third kappa shape index (κ3) is 3.87. The highest BCUT2D eigenvalue weighted by Crippen LogP contribution is 2.27. The summed E-state index contributed by atoms with van der Waals surface area (Å²) < 4.78 is 0.964. The summed E-state index contributed by atoms with van der Waals surface area (Å²) in [6.07, 6.45) is 5.79.